The smallest absolute Gasteiger partial charge is 0.410 e. The first-order valence-corrected chi connectivity index (χ1v) is 17.8. The lowest BCUT2D eigenvalue weighted by Gasteiger charge is -2.42. The lowest BCUT2D eigenvalue weighted by molar-refractivity contribution is -0.142. The van der Waals surface area contributed by atoms with E-state index < -0.39 is 12.2 Å². The summed E-state index contributed by atoms with van der Waals surface area (Å²) in [4.78, 5) is 48.4. The van der Waals surface area contributed by atoms with Gasteiger partial charge in [0.05, 0.1) is 4.47 Å². The summed E-state index contributed by atoms with van der Waals surface area (Å²) in [5.74, 6) is 0.292. The minimum absolute atomic E-state index is 0.0101. The Labute approximate surface area is 285 Å². The van der Waals surface area contributed by atoms with Crippen LogP contribution >= 0.6 is 15.9 Å². The van der Waals surface area contributed by atoms with Gasteiger partial charge in [0.15, 0.2) is 6.10 Å². The third-order valence-corrected chi connectivity index (χ3v) is 11.1. The molecule has 47 heavy (non-hydrogen) atoms. The van der Waals surface area contributed by atoms with Gasteiger partial charge in [0, 0.05) is 63.5 Å². The zero-order chi connectivity index (χ0) is 32.9. The van der Waals surface area contributed by atoms with Gasteiger partial charge in [-0.2, -0.15) is 0 Å². The summed E-state index contributed by atoms with van der Waals surface area (Å²) in [6, 6.07) is 13.2. The Morgan fingerprint density at radius 3 is 2.28 bits per heavy atom. The molecular formula is C35H46BrN5O6. The average molecular weight is 713 g/mol. The maximum absolute atomic E-state index is 13.9. The molecule has 4 amide bonds. The van der Waals surface area contributed by atoms with Gasteiger partial charge in [-0.15, -0.1) is 0 Å². The molecule has 3 saturated heterocycles. The van der Waals surface area contributed by atoms with E-state index in [0.717, 1.165) is 62.0 Å². The van der Waals surface area contributed by atoms with E-state index in [9.17, 15) is 24.6 Å². The van der Waals surface area contributed by atoms with Crippen LogP contribution in [-0.2, 0) is 22.4 Å². The van der Waals surface area contributed by atoms with Crippen LogP contribution in [0.25, 0.3) is 0 Å². The van der Waals surface area contributed by atoms with Crippen molar-refractivity contribution in [3.63, 3.8) is 0 Å². The number of carbonyl (C=O) groups is 3. The van der Waals surface area contributed by atoms with Crippen LogP contribution in [0.5, 0.6) is 5.75 Å². The van der Waals surface area contributed by atoms with Gasteiger partial charge in [-0.3, -0.25) is 4.79 Å². The van der Waals surface area contributed by atoms with Gasteiger partial charge in [0.1, 0.15) is 5.75 Å². The normalized spacial score (nSPS) is 21.1. The average Bonchev–Trinajstić information content (AvgIpc) is 3.27. The van der Waals surface area contributed by atoms with Crippen molar-refractivity contribution in [2.24, 2.45) is 5.92 Å². The monoisotopic (exact) mass is 711 g/mol. The van der Waals surface area contributed by atoms with Gasteiger partial charge in [0.2, 0.25) is 0 Å². The number of aliphatic hydroxyl groups excluding tert-OH is 1. The first-order chi connectivity index (χ1) is 22.8. The number of likely N-dealkylation sites (tertiary alicyclic amines) is 3. The number of piperidine rings is 3. The number of para-hydroxylation sites is 1. The molecular weight excluding hydrogens is 666 g/mol. The highest BCUT2D eigenvalue weighted by Gasteiger charge is 2.36. The molecule has 2 aromatic rings. The number of halogens is 1. The highest BCUT2D eigenvalue weighted by atomic mass is 79.9. The molecule has 3 N–H and O–H groups in total. The Bertz CT molecular complexity index is 1420. The standard InChI is InChI=1S/C35H46BrN5O6/c36-29-21-25(5-6-31(29)43)22-32(33(44)39-16-10-27(11-17-39)38-14-7-24(23-42)8-15-38)47-35(46)40-18-12-28(13-19-40)41-20-9-26-3-1-2-4-30(26)37-34(41)45/h1-6,21,24,27-28,32,42-43H,7-20,22-23H2,(H,37,45)/t32-/m1/s1. The van der Waals surface area contributed by atoms with E-state index in [4.69, 9.17) is 4.74 Å². The van der Waals surface area contributed by atoms with Crippen molar-refractivity contribution in [1.82, 2.24) is 19.6 Å². The molecule has 4 aliphatic rings. The Kier molecular flexibility index (Phi) is 10.9. The number of rotatable bonds is 7. The van der Waals surface area contributed by atoms with Gasteiger partial charge in [-0.25, -0.2) is 9.59 Å². The third kappa shape index (κ3) is 8.04. The number of phenolic OH excluding ortho intramolecular Hbond substituents is 1. The van der Waals surface area contributed by atoms with Crippen molar-refractivity contribution in [3.8, 4) is 5.75 Å². The number of hydrogen-bond acceptors (Lipinski definition) is 7. The van der Waals surface area contributed by atoms with Gasteiger partial charge in [-0.1, -0.05) is 24.3 Å². The molecule has 0 unspecified atom stereocenters. The largest absolute Gasteiger partial charge is 0.507 e. The number of fused-ring (bicyclic) bond motifs is 1. The van der Waals surface area contributed by atoms with E-state index >= 15 is 0 Å². The molecule has 4 heterocycles. The van der Waals surface area contributed by atoms with E-state index in [2.05, 4.69) is 26.1 Å². The van der Waals surface area contributed by atoms with Crippen molar-refractivity contribution in [1.29, 1.82) is 0 Å². The van der Waals surface area contributed by atoms with E-state index in [-0.39, 0.29) is 36.8 Å². The molecule has 3 fully saturated rings. The Morgan fingerprint density at radius 2 is 1.57 bits per heavy atom. The summed E-state index contributed by atoms with van der Waals surface area (Å²) in [7, 11) is 0. The van der Waals surface area contributed by atoms with Crippen LogP contribution in [0.4, 0.5) is 15.3 Å². The van der Waals surface area contributed by atoms with E-state index in [0.29, 0.717) is 62.0 Å². The number of aromatic hydroxyl groups is 1. The number of urea groups is 1. The van der Waals surface area contributed by atoms with Crippen molar-refractivity contribution in [2.45, 2.75) is 69.6 Å². The van der Waals surface area contributed by atoms with Crippen molar-refractivity contribution in [3.05, 3.63) is 58.1 Å². The van der Waals surface area contributed by atoms with E-state index in [1.165, 1.54) is 0 Å². The van der Waals surface area contributed by atoms with Gasteiger partial charge < -0.3 is 39.9 Å². The Hall–Kier alpha value is -3.35. The van der Waals surface area contributed by atoms with Gasteiger partial charge in [0.25, 0.3) is 5.91 Å². The van der Waals surface area contributed by atoms with Crippen LogP contribution in [0, 0.1) is 5.92 Å². The number of aliphatic hydroxyl groups is 1. The maximum Gasteiger partial charge on any atom is 0.410 e. The number of hydrogen-bond donors (Lipinski definition) is 3. The van der Waals surface area contributed by atoms with Gasteiger partial charge >= 0.3 is 12.1 Å². The van der Waals surface area contributed by atoms with Crippen LogP contribution in [-0.4, -0.2) is 118 Å². The molecule has 254 valence electrons. The molecule has 11 nitrogen and oxygen atoms in total. The first kappa shape index (κ1) is 33.5. The number of nitrogens with one attached hydrogen (secondary N) is 1. The summed E-state index contributed by atoms with van der Waals surface area (Å²) in [5.41, 5.74) is 2.74. The molecule has 2 aromatic carbocycles. The molecule has 0 saturated carbocycles. The Morgan fingerprint density at radius 1 is 0.894 bits per heavy atom. The molecule has 4 aliphatic heterocycles. The molecule has 0 radical (unpaired) electrons. The van der Waals surface area contributed by atoms with Gasteiger partial charge in [-0.05, 0) is 109 Å². The summed E-state index contributed by atoms with van der Waals surface area (Å²) >= 11 is 3.36. The van der Waals surface area contributed by atoms with Crippen molar-refractivity contribution in [2.75, 3.05) is 57.7 Å². The zero-order valence-corrected chi connectivity index (χ0v) is 28.4. The fourth-order valence-electron chi connectivity index (χ4n) is 7.52. The summed E-state index contributed by atoms with van der Waals surface area (Å²) in [5, 5.41) is 22.5. The second-order valence-corrected chi connectivity index (χ2v) is 14.2. The molecule has 1 atom stereocenters. The second kappa shape index (κ2) is 15.3. The number of nitrogens with zero attached hydrogens (tertiary/aromatic N) is 4. The molecule has 0 spiro atoms. The van der Waals surface area contributed by atoms with Crippen LogP contribution in [0.15, 0.2) is 46.9 Å². The first-order valence-electron chi connectivity index (χ1n) is 17.0. The summed E-state index contributed by atoms with van der Waals surface area (Å²) < 4.78 is 6.52. The van der Waals surface area contributed by atoms with E-state index in [1.54, 1.807) is 23.1 Å². The van der Waals surface area contributed by atoms with Crippen LogP contribution in [0.2, 0.25) is 0 Å². The predicted molar refractivity (Wildman–Crippen MR) is 181 cm³/mol. The number of amides is 4. The summed E-state index contributed by atoms with van der Waals surface area (Å²) in [6.45, 7) is 4.90. The van der Waals surface area contributed by atoms with Crippen LogP contribution in [0.1, 0.15) is 49.7 Å². The molecule has 6 rings (SSSR count). The summed E-state index contributed by atoms with van der Waals surface area (Å²) in [6.07, 6.45) is 4.46. The highest BCUT2D eigenvalue weighted by molar-refractivity contribution is 9.10. The number of benzene rings is 2. The lowest BCUT2D eigenvalue weighted by atomic mass is 9.94. The number of phenols is 1. The van der Waals surface area contributed by atoms with E-state index in [1.807, 2.05) is 34.1 Å². The minimum atomic E-state index is -0.997. The molecule has 0 aromatic heterocycles. The molecule has 0 aliphatic carbocycles. The fourth-order valence-corrected chi connectivity index (χ4v) is 7.95. The second-order valence-electron chi connectivity index (χ2n) is 13.3. The van der Waals surface area contributed by atoms with Crippen molar-refractivity contribution >= 4 is 39.6 Å². The van der Waals surface area contributed by atoms with Crippen molar-refractivity contribution < 1.29 is 29.3 Å². The number of carbonyl (C=O) groups excluding carboxylic acids is 3. The minimum Gasteiger partial charge on any atom is -0.507 e. The lowest BCUT2D eigenvalue weighted by Crippen LogP contribution is -2.53. The number of anilines is 1. The van der Waals surface area contributed by atoms with Crippen LogP contribution < -0.4 is 5.32 Å². The molecule has 12 heteroatoms. The SMILES string of the molecule is O=C(O[C@H](Cc1ccc(O)c(Br)c1)C(=O)N1CCC(N2CCC(CO)CC2)CC1)N1CCC(N2CCc3ccccc3NC2=O)CC1. The Balaban J connectivity index is 1.06. The zero-order valence-electron chi connectivity index (χ0n) is 26.9. The number of ether oxygens (including phenoxy) is 1. The highest BCUT2D eigenvalue weighted by Crippen LogP contribution is 2.28. The van der Waals surface area contributed by atoms with Crippen LogP contribution in [0.3, 0.4) is 0 Å². The predicted octanol–water partition coefficient (Wildman–Crippen LogP) is 4.45. The maximum atomic E-state index is 13.9. The quantitative estimate of drug-likeness (QED) is 0.388. The third-order valence-electron chi connectivity index (χ3n) is 10.5. The molecule has 0 bridgehead atoms. The fraction of sp³-hybridized carbons (Fsp3) is 0.571. The topological polar surface area (TPSA) is 126 Å².